The molecular formula is C21H14N4O5. The van der Waals surface area contributed by atoms with E-state index < -0.39 is 17.4 Å². The van der Waals surface area contributed by atoms with Gasteiger partial charge in [0.05, 0.1) is 23.9 Å². The lowest BCUT2D eigenvalue weighted by atomic mass is 10.1. The van der Waals surface area contributed by atoms with Crippen molar-refractivity contribution in [2.75, 3.05) is 12.8 Å². The number of hydrogen-bond donors (Lipinski definition) is 2. The smallest absolute Gasteiger partial charge is 0.262 e. The van der Waals surface area contributed by atoms with Crippen molar-refractivity contribution in [2.45, 2.75) is 0 Å². The van der Waals surface area contributed by atoms with Crippen molar-refractivity contribution in [1.29, 1.82) is 0 Å². The van der Waals surface area contributed by atoms with Crippen LogP contribution in [-0.4, -0.2) is 28.5 Å². The molecule has 4 aromatic rings. The van der Waals surface area contributed by atoms with Crippen LogP contribution in [0.1, 0.15) is 20.7 Å². The van der Waals surface area contributed by atoms with Gasteiger partial charge >= 0.3 is 0 Å². The van der Waals surface area contributed by atoms with E-state index in [0.29, 0.717) is 28.4 Å². The van der Waals surface area contributed by atoms with Crippen LogP contribution in [0.15, 0.2) is 57.7 Å². The van der Waals surface area contributed by atoms with Crippen molar-refractivity contribution in [3.05, 3.63) is 70.0 Å². The minimum Gasteiger partial charge on any atom is -0.497 e. The van der Waals surface area contributed by atoms with Gasteiger partial charge in [-0.05, 0) is 42.5 Å². The van der Waals surface area contributed by atoms with E-state index in [4.69, 9.17) is 14.9 Å². The van der Waals surface area contributed by atoms with Crippen LogP contribution >= 0.6 is 0 Å². The molecule has 0 saturated heterocycles. The summed E-state index contributed by atoms with van der Waals surface area (Å²) < 4.78 is 12.1. The Balaban J connectivity index is 1.63. The normalized spacial score (nSPS) is 12.8. The highest BCUT2D eigenvalue weighted by Crippen LogP contribution is 2.28. The maximum atomic E-state index is 12.6. The monoisotopic (exact) mass is 402 g/mol. The molecule has 3 N–H and O–H groups in total. The van der Waals surface area contributed by atoms with Gasteiger partial charge in [0.1, 0.15) is 17.1 Å². The summed E-state index contributed by atoms with van der Waals surface area (Å²) in [7, 11) is 1.59. The van der Waals surface area contributed by atoms with E-state index in [2.05, 4.69) is 10.3 Å². The summed E-state index contributed by atoms with van der Waals surface area (Å²) in [4.78, 5) is 41.0. The van der Waals surface area contributed by atoms with Gasteiger partial charge < -0.3 is 14.9 Å². The second-order valence-corrected chi connectivity index (χ2v) is 6.67. The maximum Gasteiger partial charge on any atom is 0.262 e. The largest absolute Gasteiger partial charge is 0.497 e. The SMILES string of the molecule is COc1ccc(-c2nc3cc(-n4c(N)c5c(cc4=O)C(=O)NC5=O)ccc3o2)cc1. The average Bonchev–Trinajstić information content (AvgIpc) is 3.28. The molecule has 2 aromatic carbocycles. The van der Waals surface area contributed by atoms with Gasteiger partial charge in [-0.1, -0.05) is 0 Å². The molecule has 2 amide bonds. The number of nitrogens with two attached hydrogens (primary N) is 1. The zero-order valence-corrected chi connectivity index (χ0v) is 15.6. The molecule has 5 rings (SSSR count). The lowest BCUT2D eigenvalue weighted by Gasteiger charge is -2.11. The van der Waals surface area contributed by atoms with Gasteiger partial charge in [0, 0.05) is 11.6 Å². The fourth-order valence-corrected chi connectivity index (χ4v) is 3.46. The maximum absolute atomic E-state index is 12.6. The highest BCUT2D eigenvalue weighted by molar-refractivity contribution is 6.23. The van der Waals surface area contributed by atoms with Crippen LogP contribution in [0.3, 0.4) is 0 Å². The highest BCUT2D eigenvalue weighted by atomic mass is 16.5. The summed E-state index contributed by atoms with van der Waals surface area (Å²) in [5.74, 6) is -0.262. The van der Waals surface area contributed by atoms with E-state index in [1.165, 1.54) is 0 Å². The number of rotatable bonds is 3. The van der Waals surface area contributed by atoms with Crippen molar-refractivity contribution in [3.63, 3.8) is 0 Å². The second kappa shape index (κ2) is 6.31. The predicted molar refractivity (Wildman–Crippen MR) is 108 cm³/mol. The number of anilines is 1. The summed E-state index contributed by atoms with van der Waals surface area (Å²) in [6, 6.07) is 13.3. The summed E-state index contributed by atoms with van der Waals surface area (Å²) in [6.07, 6.45) is 0. The first-order chi connectivity index (χ1) is 14.5. The number of oxazole rings is 1. The Morgan fingerprint density at radius 1 is 1.03 bits per heavy atom. The fraction of sp³-hybridized carbons (Fsp3) is 0.0476. The number of fused-ring (bicyclic) bond motifs is 2. The van der Waals surface area contributed by atoms with Gasteiger partial charge in [-0.3, -0.25) is 24.3 Å². The summed E-state index contributed by atoms with van der Waals surface area (Å²) in [5.41, 5.74) is 7.69. The molecule has 3 heterocycles. The molecule has 0 saturated carbocycles. The molecule has 0 radical (unpaired) electrons. The number of methoxy groups -OCH3 is 1. The van der Waals surface area contributed by atoms with Crippen LogP contribution in [0.2, 0.25) is 0 Å². The summed E-state index contributed by atoms with van der Waals surface area (Å²) in [5, 5.41) is 2.14. The first kappa shape index (κ1) is 17.7. The number of nitrogens with one attached hydrogen (secondary N) is 1. The molecule has 9 nitrogen and oxygen atoms in total. The van der Waals surface area contributed by atoms with Crippen molar-refractivity contribution >= 4 is 28.7 Å². The van der Waals surface area contributed by atoms with Crippen molar-refractivity contribution in [1.82, 2.24) is 14.9 Å². The predicted octanol–water partition coefficient (Wildman–Crippen LogP) is 2.12. The van der Waals surface area contributed by atoms with Gasteiger partial charge in [-0.15, -0.1) is 0 Å². The minimum absolute atomic E-state index is 0.0150. The van der Waals surface area contributed by atoms with Crippen molar-refractivity contribution in [2.24, 2.45) is 0 Å². The summed E-state index contributed by atoms with van der Waals surface area (Å²) >= 11 is 0. The van der Waals surface area contributed by atoms with Crippen LogP contribution in [0.5, 0.6) is 5.75 Å². The highest BCUT2D eigenvalue weighted by Gasteiger charge is 2.31. The van der Waals surface area contributed by atoms with Gasteiger partial charge in [0.2, 0.25) is 5.89 Å². The quantitative estimate of drug-likeness (QED) is 0.502. The lowest BCUT2D eigenvalue weighted by Crippen LogP contribution is -2.24. The molecule has 0 bridgehead atoms. The Hall–Kier alpha value is -4.40. The molecule has 2 aromatic heterocycles. The van der Waals surface area contributed by atoms with Crippen LogP contribution < -0.4 is 21.3 Å². The third-order valence-corrected chi connectivity index (χ3v) is 4.92. The van der Waals surface area contributed by atoms with Crippen molar-refractivity contribution < 1.29 is 18.7 Å². The molecular weight excluding hydrogens is 388 g/mol. The molecule has 1 aliphatic heterocycles. The Labute approximate surface area is 168 Å². The molecule has 30 heavy (non-hydrogen) atoms. The Morgan fingerprint density at radius 2 is 1.80 bits per heavy atom. The fourth-order valence-electron chi connectivity index (χ4n) is 3.46. The lowest BCUT2D eigenvalue weighted by molar-refractivity contribution is 0.0880. The van der Waals surface area contributed by atoms with E-state index >= 15 is 0 Å². The number of carbonyl (C=O) groups excluding carboxylic acids is 2. The van der Waals surface area contributed by atoms with Gasteiger partial charge in [-0.25, -0.2) is 4.98 Å². The van der Waals surface area contributed by atoms with E-state index in [1.54, 1.807) is 37.4 Å². The van der Waals surface area contributed by atoms with Crippen molar-refractivity contribution in [3.8, 4) is 22.9 Å². The van der Waals surface area contributed by atoms with Crippen LogP contribution in [0, 0.1) is 0 Å². The molecule has 0 atom stereocenters. The van der Waals surface area contributed by atoms with Gasteiger partial charge in [-0.2, -0.15) is 0 Å². The zero-order chi connectivity index (χ0) is 21.0. The van der Waals surface area contributed by atoms with E-state index in [-0.39, 0.29) is 16.9 Å². The number of ether oxygens (including phenoxy) is 1. The van der Waals surface area contributed by atoms with E-state index in [9.17, 15) is 14.4 Å². The number of nitrogens with zero attached hydrogens (tertiary/aromatic N) is 2. The third-order valence-electron chi connectivity index (χ3n) is 4.92. The number of aromatic nitrogens is 2. The Morgan fingerprint density at radius 3 is 2.53 bits per heavy atom. The molecule has 0 fully saturated rings. The van der Waals surface area contributed by atoms with Gasteiger partial charge in [0.15, 0.2) is 5.58 Å². The minimum atomic E-state index is -0.637. The zero-order valence-electron chi connectivity index (χ0n) is 15.6. The molecule has 1 aliphatic rings. The first-order valence-corrected chi connectivity index (χ1v) is 8.93. The topological polar surface area (TPSA) is 129 Å². The number of hydrogen-bond acceptors (Lipinski definition) is 7. The molecule has 0 aliphatic carbocycles. The number of nitrogen functional groups attached to an aromatic ring is 1. The molecule has 9 heteroatoms. The van der Waals surface area contributed by atoms with Crippen LogP contribution in [-0.2, 0) is 0 Å². The van der Waals surface area contributed by atoms with Crippen LogP contribution in [0.4, 0.5) is 5.82 Å². The van der Waals surface area contributed by atoms with E-state index in [1.807, 2.05) is 12.1 Å². The first-order valence-electron chi connectivity index (χ1n) is 8.93. The third kappa shape index (κ3) is 2.56. The number of carbonyl (C=O) groups is 2. The van der Waals surface area contributed by atoms with E-state index in [0.717, 1.165) is 16.2 Å². The number of imide groups is 1. The molecule has 0 spiro atoms. The Bertz CT molecular complexity index is 1420. The molecule has 148 valence electrons. The molecule has 0 unspecified atom stereocenters. The number of benzene rings is 2. The summed E-state index contributed by atoms with van der Waals surface area (Å²) in [6.45, 7) is 0. The van der Waals surface area contributed by atoms with Crippen LogP contribution in [0.25, 0.3) is 28.2 Å². The number of pyridine rings is 1. The standard InChI is InChI=1S/C21H14N4O5/c1-29-12-5-2-10(3-6-12)21-23-14-8-11(4-7-15(14)30-21)25-16(26)9-13-17(18(25)22)20(28)24-19(13)27/h2-9H,22H2,1H3,(H,24,27,28). The number of amides is 2. The average molecular weight is 402 g/mol. The second-order valence-electron chi connectivity index (χ2n) is 6.67. The Kier molecular flexibility index (Phi) is 3.72. The van der Waals surface area contributed by atoms with Gasteiger partial charge in [0.25, 0.3) is 17.4 Å².